The van der Waals surface area contributed by atoms with Crippen molar-refractivity contribution in [3.05, 3.63) is 34.9 Å². The van der Waals surface area contributed by atoms with Gasteiger partial charge < -0.3 is 9.80 Å². The molecule has 16 heavy (non-hydrogen) atoms. The van der Waals surface area contributed by atoms with Crippen molar-refractivity contribution in [1.29, 1.82) is 0 Å². The van der Waals surface area contributed by atoms with Gasteiger partial charge in [-0.05, 0) is 17.7 Å². The molecule has 1 fully saturated rings. The summed E-state index contributed by atoms with van der Waals surface area (Å²) >= 11 is 5.79. The average Bonchev–Trinajstić information content (AvgIpc) is 2.57. The minimum atomic E-state index is -0.317. The Hall–Kier alpha value is -1.55. The molecule has 1 unspecified atom stereocenters. The lowest BCUT2D eigenvalue weighted by atomic mass is 10.1. The topological polar surface area (TPSA) is 40.6 Å². The van der Waals surface area contributed by atoms with Gasteiger partial charge in [0.15, 0.2) is 0 Å². The number of hydrogen-bond acceptors (Lipinski definition) is 2. The van der Waals surface area contributed by atoms with E-state index in [-0.39, 0.29) is 18.6 Å². The Labute approximate surface area is 98.4 Å². The summed E-state index contributed by atoms with van der Waals surface area (Å²) in [6.45, 7) is 0.132. The fraction of sp³-hybridized carbons (Fsp3) is 0.273. The third-order valence-corrected chi connectivity index (χ3v) is 2.95. The Bertz CT molecular complexity index is 418. The van der Waals surface area contributed by atoms with Gasteiger partial charge in [-0.3, -0.25) is 9.59 Å². The highest BCUT2D eigenvalue weighted by Crippen LogP contribution is 2.28. The molecule has 1 heterocycles. The van der Waals surface area contributed by atoms with Crippen LogP contribution in [0.4, 0.5) is 0 Å². The number of carbonyl (C=O) groups excluding carboxylic acids is 2. The lowest BCUT2D eigenvalue weighted by molar-refractivity contribution is -0.126. The molecule has 0 spiro atoms. The normalized spacial score (nSPS) is 20.4. The van der Waals surface area contributed by atoms with E-state index in [1.54, 1.807) is 24.1 Å². The molecule has 0 aliphatic carbocycles. The lowest BCUT2D eigenvalue weighted by Gasteiger charge is -2.24. The second-order valence-corrected chi connectivity index (χ2v) is 4.14. The van der Waals surface area contributed by atoms with Crippen LogP contribution >= 0.6 is 11.6 Å². The molecule has 1 aromatic rings. The maximum absolute atomic E-state index is 11.5. The van der Waals surface area contributed by atoms with Crippen molar-refractivity contribution in [2.45, 2.75) is 6.17 Å². The molecule has 1 aromatic carbocycles. The van der Waals surface area contributed by atoms with Crippen LogP contribution in [0.1, 0.15) is 11.7 Å². The maximum atomic E-state index is 11.5. The molecule has 2 rings (SSSR count). The van der Waals surface area contributed by atoms with Gasteiger partial charge in [0.25, 0.3) is 0 Å². The van der Waals surface area contributed by atoms with E-state index >= 15 is 0 Å². The first kappa shape index (κ1) is 11.0. The molecule has 5 heteroatoms. The van der Waals surface area contributed by atoms with E-state index in [1.807, 2.05) is 12.1 Å². The predicted octanol–water partition coefficient (Wildman–Crippen LogP) is 1.27. The van der Waals surface area contributed by atoms with E-state index in [1.165, 1.54) is 4.90 Å². The molecular formula is C11H11ClN2O2. The largest absolute Gasteiger partial charge is 0.320 e. The van der Waals surface area contributed by atoms with Crippen LogP contribution in [0.25, 0.3) is 0 Å². The highest BCUT2D eigenvalue weighted by Gasteiger charge is 2.35. The number of halogens is 1. The van der Waals surface area contributed by atoms with E-state index in [2.05, 4.69) is 0 Å². The molecule has 0 N–H and O–H groups in total. The molecule has 1 aliphatic heterocycles. The Morgan fingerprint density at radius 1 is 1.38 bits per heavy atom. The molecule has 2 amide bonds. The molecule has 0 saturated carbocycles. The first-order valence-corrected chi connectivity index (χ1v) is 5.23. The number of rotatable bonds is 2. The van der Waals surface area contributed by atoms with Gasteiger partial charge in [0.2, 0.25) is 12.3 Å². The van der Waals surface area contributed by atoms with Crippen LogP contribution in [0.15, 0.2) is 24.3 Å². The van der Waals surface area contributed by atoms with Gasteiger partial charge in [-0.1, -0.05) is 23.7 Å². The van der Waals surface area contributed by atoms with E-state index in [4.69, 9.17) is 11.6 Å². The molecule has 4 nitrogen and oxygen atoms in total. The van der Waals surface area contributed by atoms with Crippen molar-refractivity contribution < 1.29 is 9.59 Å². The monoisotopic (exact) mass is 238 g/mol. The van der Waals surface area contributed by atoms with Crippen molar-refractivity contribution in [2.75, 3.05) is 13.6 Å². The smallest absolute Gasteiger partial charge is 0.243 e. The van der Waals surface area contributed by atoms with Gasteiger partial charge in [-0.25, -0.2) is 0 Å². The van der Waals surface area contributed by atoms with Crippen LogP contribution in [0.5, 0.6) is 0 Å². The predicted molar refractivity (Wildman–Crippen MR) is 59.7 cm³/mol. The van der Waals surface area contributed by atoms with Crippen LogP contribution in [-0.2, 0) is 9.59 Å². The third kappa shape index (κ3) is 1.76. The number of nitrogens with zero attached hydrogens (tertiary/aromatic N) is 2. The number of likely N-dealkylation sites (N-methyl/N-ethyl adjacent to an activating group) is 1. The maximum Gasteiger partial charge on any atom is 0.243 e. The summed E-state index contributed by atoms with van der Waals surface area (Å²) in [5, 5.41) is 0.633. The highest BCUT2D eigenvalue weighted by molar-refractivity contribution is 6.30. The number of hydrogen-bond donors (Lipinski definition) is 0. The first-order chi connectivity index (χ1) is 7.63. The summed E-state index contributed by atoms with van der Waals surface area (Å²) in [4.78, 5) is 25.4. The van der Waals surface area contributed by atoms with E-state index in [0.717, 1.165) is 5.56 Å². The Morgan fingerprint density at radius 3 is 2.56 bits per heavy atom. The van der Waals surface area contributed by atoms with Gasteiger partial charge in [-0.2, -0.15) is 0 Å². The van der Waals surface area contributed by atoms with Crippen LogP contribution in [0, 0.1) is 0 Å². The van der Waals surface area contributed by atoms with Gasteiger partial charge in [0, 0.05) is 12.1 Å². The van der Waals surface area contributed by atoms with Crippen molar-refractivity contribution in [1.82, 2.24) is 9.80 Å². The Kier molecular flexibility index (Phi) is 2.83. The molecular weight excluding hydrogens is 228 g/mol. The first-order valence-electron chi connectivity index (χ1n) is 4.85. The molecule has 1 atom stereocenters. The Morgan fingerprint density at radius 2 is 2.00 bits per heavy atom. The minimum absolute atomic E-state index is 0.0629. The molecule has 1 aliphatic rings. The van der Waals surface area contributed by atoms with Crippen molar-refractivity contribution in [3.8, 4) is 0 Å². The van der Waals surface area contributed by atoms with Crippen molar-refractivity contribution >= 4 is 23.9 Å². The zero-order chi connectivity index (χ0) is 11.7. The second-order valence-electron chi connectivity index (χ2n) is 3.71. The summed E-state index contributed by atoms with van der Waals surface area (Å²) in [7, 11) is 1.69. The fourth-order valence-electron chi connectivity index (χ4n) is 1.86. The van der Waals surface area contributed by atoms with Gasteiger partial charge in [0.05, 0.1) is 0 Å². The molecule has 84 valence electrons. The van der Waals surface area contributed by atoms with Crippen molar-refractivity contribution in [2.24, 2.45) is 0 Å². The fourth-order valence-corrected chi connectivity index (χ4v) is 1.98. The van der Waals surface area contributed by atoms with Crippen LogP contribution < -0.4 is 0 Å². The SMILES string of the molecule is CN1C(=O)CN(C=O)C1c1ccc(Cl)cc1. The zero-order valence-electron chi connectivity index (χ0n) is 8.76. The van der Waals surface area contributed by atoms with E-state index < -0.39 is 0 Å². The molecule has 0 radical (unpaired) electrons. The number of amides is 2. The van der Waals surface area contributed by atoms with Gasteiger partial charge >= 0.3 is 0 Å². The number of carbonyl (C=O) groups is 2. The molecule has 0 aromatic heterocycles. The summed E-state index contributed by atoms with van der Waals surface area (Å²) in [6.07, 6.45) is 0.378. The Balaban J connectivity index is 2.34. The number of benzene rings is 1. The summed E-state index contributed by atoms with van der Waals surface area (Å²) in [6, 6.07) is 7.13. The molecule has 1 saturated heterocycles. The highest BCUT2D eigenvalue weighted by atomic mass is 35.5. The summed E-state index contributed by atoms with van der Waals surface area (Å²) in [5.41, 5.74) is 0.879. The van der Waals surface area contributed by atoms with Crippen LogP contribution in [-0.4, -0.2) is 35.7 Å². The van der Waals surface area contributed by atoms with Crippen molar-refractivity contribution in [3.63, 3.8) is 0 Å². The van der Waals surface area contributed by atoms with Crippen LogP contribution in [0.2, 0.25) is 5.02 Å². The summed E-state index contributed by atoms with van der Waals surface area (Å²) < 4.78 is 0. The molecule has 0 bridgehead atoms. The zero-order valence-corrected chi connectivity index (χ0v) is 9.52. The van der Waals surface area contributed by atoms with Gasteiger partial charge in [-0.15, -0.1) is 0 Å². The summed E-state index contributed by atoms with van der Waals surface area (Å²) in [5.74, 6) is -0.0629. The third-order valence-electron chi connectivity index (χ3n) is 2.70. The van der Waals surface area contributed by atoms with E-state index in [0.29, 0.717) is 11.4 Å². The lowest BCUT2D eigenvalue weighted by Crippen LogP contribution is -2.28. The van der Waals surface area contributed by atoms with Crippen LogP contribution in [0.3, 0.4) is 0 Å². The standard InChI is InChI=1S/C11H11ClN2O2/c1-13-10(16)6-14(7-15)11(13)8-2-4-9(12)5-3-8/h2-5,7,11H,6H2,1H3. The quantitative estimate of drug-likeness (QED) is 0.728. The second kappa shape index (κ2) is 4.14. The average molecular weight is 239 g/mol. The van der Waals surface area contributed by atoms with Gasteiger partial charge in [0.1, 0.15) is 12.7 Å². The minimum Gasteiger partial charge on any atom is -0.320 e. The van der Waals surface area contributed by atoms with E-state index in [9.17, 15) is 9.59 Å².